The van der Waals surface area contributed by atoms with Crippen molar-refractivity contribution in [1.82, 2.24) is 9.97 Å². The molecule has 0 saturated heterocycles. The molecule has 1 atom stereocenters. The monoisotopic (exact) mass is 325 g/mol. The highest BCUT2D eigenvalue weighted by atomic mass is 79.9. The fraction of sp³-hybridized carbons (Fsp3) is 0.733. The number of hydrogen-bond donors (Lipinski definition) is 1. The van der Waals surface area contributed by atoms with Crippen molar-refractivity contribution in [3.05, 3.63) is 16.5 Å². The summed E-state index contributed by atoms with van der Waals surface area (Å²) in [6.45, 7) is 11.1. The van der Waals surface area contributed by atoms with Gasteiger partial charge in [-0.3, -0.25) is 0 Å². The molecule has 1 N–H and O–H groups in total. The van der Waals surface area contributed by atoms with E-state index in [1.54, 1.807) is 0 Å². The van der Waals surface area contributed by atoms with Gasteiger partial charge < -0.3 is 5.32 Å². The fourth-order valence-electron chi connectivity index (χ4n) is 2.60. The Kier molecular flexibility index (Phi) is 3.92. The lowest BCUT2D eigenvalue weighted by atomic mass is 9.92. The molecule has 0 bridgehead atoms. The Balaban J connectivity index is 2.15. The van der Waals surface area contributed by atoms with Crippen molar-refractivity contribution in [2.24, 2.45) is 5.41 Å². The summed E-state index contributed by atoms with van der Waals surface area (Å²) in [7, 11) is 0. The second-order valence-electron chi connectivity index (χ2n) is 7.40. The Morgan fingerprint density at radius 2 is 2.00 bits per heavy atom. The third-order valence-electron chi connectivity index (χ3n) is 3.69. The first-order chi connectivity index (χ1) is 8.66. The van der Waals surface area contributed by atoms with Crippen LogP contribution >= 0.6 is 15.9 Å². The van der Waals surface area contributed by atoms with E-state index in [0.29, 0.717) is 11.5 Å². The van der Waals surface area contributed by atoms with Crippen molar-refractivity contribution in [2.75, 3.05) is 5.32 Å². The second-order valence-corrected chi connectivity index (χ2v) is 8.21. The maximum Gasteiger partial charge on any atom is 0.137 e. The summed E-state index contributed by atoms with van der Waals surface area (Å²) in [6.07, 6.45) is 3.71. The molecular formula is C15H24BrN3. The lowest BCUT2D eigenvalue weighted by Crippen LogP contribution is -2.21. The molecule has 1 unspecified atom stereocenters. The molecule has 3 nitrogen and oxygen atoms in total. The van der Waals surface area contributed by atoms with Crippen molar-refractivity contribution in [3.63, 3.8) is 0 Å². The highest BCUT2D eigenvalue weighted by Gasteiger charge is 2.31. The lowest BCUT2D eigenvalue weighted by Gasteiger charge is -2.21. The number of anilines is 1. The van der Waals surface area contributed by atoms with Crippen molar-refractivity contribution < 1.29 is 0 Å². The first kappa shape index (κ1) is 14.8. The first-order valence-corrected chi connectivity index (χ1v) is 7.77. The minimum absolute atomic E-state index is 0.0326. The van der Waals surface area contributed by atoms with Crippen LogP contribution in [0, 0.1) is 5.41 Å². The highest BCUT2D eigenvalue weighted by molar-refractivity contribution is 9.10. The van der Waals surface area contributed by atoms with Crippen molar-refractivity contribution in [2.45, 2.75) is 65.3 Å². The van der Waals surface area contributed by atoms with E-state index in [4.69, 9.17) is 0 Å². The Morgan fingerprint density at radius 3 is 2.53 bits per heavy atom. The standard InChI is InChI=1S/C15H24BrN3/c1-14(2,3)13-18-11(16)8-12(19-13)17-10-6-7-15(4,5)9-10/h8,10H,6-7,9H2,1-5H3,(H,17,18,19). The number of aromatic nitrogens is 2. The molecule has 0 amide bonds. The summed E-state index contributed by atoms with van der Waals surface area (Å²) >= 11 is 3.49. The molecular weight excluding hydrogens is 302 g/mol. The van der Waals surface area contributed by atoms with Crippen LogP contribution in [0.2, 0.25) is 0 Å². The van der Waals surface area contributed by atoms with Crippen LogP contribution in [0.3, 0.4) is 0 Å². The van der Waals surface area contributed by atoms with Gasteiger partial charge in [0.25, 0.3) is 0 Å². The molecule has 106 valence electrons. The summed E-state index contributed by atoms with van der Waals surface area (Å²) in [5.74, 6) is 1.82. The van der Waals surface area contributed by atoms with Gasteiger partial charge in [-0.05, 0) is 40.6 Å². The summed E-state index contributed by atoms with van der Waals surface area (Å²) in [5, 5.41) is 3.57. The molecule has 1 aliphatic carbocycles. The minimum atomic E-state index is -0.0326. The summed E-state index contributed by atoms with van der Waals surface area (Å²) in [4.78, 5) is 9.14. The van der Waals surface area contributed by atoms with Gasteiger partial charge in [-0.2, -0.15) is 0 Å². The van der Waals surface area contributed by atoms with Gasteiger partial charge in [-0.15, -0.1) is 0 Å². The number of hydrogen-bond acceptors (Lipinski definition) is 3. The van der Waals surface area contributed by atoms with Crippen LogP contribution < -0.4 is 5.32 Å². The van der Waals surface area contributed by atoms with Gasteiger partial charge in [-0.1, -0.05) is 34.6 Å². The van der Waals surface area contributed by atoms with Gasteiger partial charge in [0.2, 0.25) is 0 Å². The fourth-order valence-corrected chi connectivity index (χ4v) is 2.98. The predicted molar refractivity (Wildman–Crippen MR) is 83.5 cm³/mol. The zero-order chi connectivity index (χ0) is 14.3. The van der Waals surface area contributed by atoms with Gasteiger partial charge in [0.05, 0.1) is 0 Å². The van der Waals surface area contributed by atoms with Gasteiger partial charge >= 0.3 is 0 Å². The smallest absolute Gasteiger partial charge is 0.137 e. The minimum Gasteiger partial charge on any atom is -0.367 e. The summed E-state index contributed by atoms with van der Waals surface area (Å²) < 4.78 is 0.854. The molecule has 1 saturated carbocycles. The average Bonchev–Trinajstić information content (AvgIpc) is 2.55. The molecule has 0 aromatic carbocycles. The SMILES string of the molecule is CC1(C)CCC(Nc2cc(Br)nc(C(C)(C)C)n2)C1. The Labute approximate surface area is 124 Å². The van der Waals surface area contributed by atoms with Crippen molar-refractivity contribution >= 4 is 21.7 Å². The van der Waals surface area contributed by atoms with Crippen LogP contribution in [0.15, 0.2) is 10.7 Å². The molecule has 1 aliphatic rings. The third-order valence-corrected chi connectivity index (χ3v) is 4.09. The van der Waals surface area contributed by atoms with E-state index < -0.39 is 0 Å². The quantitative estimate of drug-likeness (QED) is 0.812. The van der Waals surface area contributed by atoms with Crippen LogP contribution in [0.1, 0.15) is 59.7 Å². The maximum absolute atomic E-state index is 4.66. The molecule has 1 aromatic heterocycles. The van der Waals surface area contributed by atoms with E-state index in [9.17, 15) is 0 Å². The molecule has 2 rings (SSSR count). The molecule has 0 spiro atoms. The second kappa shape index (κ2) is 5.04. The molecule has 1 heterocycles. The van der Waals surface area contributed by atoms with Crippen LogP contribution in [0.25, 0.3) is 0 Å². The van der Waals surface area contributed by atoms with Crippen molar-refractivity contribution in [3.8, 4) is 0 Å². The van der Waals surface area contributed by atoms with E-state index >= 15 is 0 Å². The Hall–Kier alpha value is -0.640. The first-order valence-electron chi connectivity index (χ1n) is 6.97. The highest BCUT2D eigenvalue weighted by Crippen LogP contribution is 2.38. The van der Waals surface area contributed by atoms with E-state index in [2.05, 4.69) is 65.8 Å². The number of rotatable bonds is 2. The molecule has 0 radical (unpaired) electrons. The van der Waals surface area contributed by atoms with Crippen LogP contribution in [0.4, 0.5) is 5.82 Å². The van der Waals surface area contributed by atoms with Gasteiger partial charge in [0.15, 0.2) is 0 Å². The Bertz CT molecular complexity index is 463. The molecule has 0 aliphatic heterocycles. The maximum atomic E-state index is 4.66. The number of nitrogens with zero attached hydrogens (tertiary/aromatic N) is 2. The zero-order valence-corrected chi connectivity index (χ0v) is 14.1. The van der Waals surface area contributed by atoms with E-state index in [0.717, 1.165) is 16.2 Å². The summed E-state index contributed by atoms with van der Waals surface area (Å²) in [6, 6.07) is 2.50. The van der Waals surface area contributed by atoms with Gasteiger partial charge in [-0.25, -0.2) is 9.97 Å². The van der Waals surface area contributed by atoms with Crippen LogP contribution in [-0.4, -0.2) is 16.0 Å². The molecule has 4 heteroatoms. The van der Waals surface area contributed by atoms with E-state index in [1.165, 1.54) is 19.3 Å². The van der Waals surface area contributed by atoms with E-state index in [1.807, 2.05) is 6.07 Å². The molecule has 1 aromatic rings. The zero-order valence-electron chi connectivity index (χ0n) is 12.5. The Morgan fingerprint density at radius 1 is 1.32 bits per heavy atom. The van der Waals surface area contributed by atoms with Crippen LogP contribution in [-0.2, 0) is 5.41 Å². The topological polar surface area (TPSA) is 37.8 Å². The van der Waals surface area contributed by atoms with E-state index in [-0.39, 0.29) is 5.41 Å². The molecule has 1 fully saturated rings. The predicted octanol–water partition coefficient (Wildman–Crippen LogP) is 4.53. The third kappa shape index (κ3) is 3.91. The van der Waals surface area contributed by atoms with Crippen LogP contribution in [0.5, 0.6) is 0 Å². The van der Waals surface area contributed by atoms with Crippen molar-refractivity contribution in [1.29, 1.82) is 0 Å². The number of nitrogens with one attached hydrogen (secondary N) is 1. The number of halogens is 1. The average molecular weight is 326 g/mol. The summed E-state index contributed by atoms with van der Waals surface area (Å²) in [5.41, 5.74) is 0.421. The molecule has 19 heavy (non-hydrogen) atoms. The van der Waals surface area contributed by atoms with Gasteiger partial charge in [0.1, 0.15) is 16.2 Å². The van der Waals surface area contributed by atoms with Gasteiger partial charge in [0, 0.05) is 17.5 Å². The lowest BCUT2D eigenvalue weighted by molar-refractivity contribution is 0.378. The normalized spacial score (nSPS) is 22.5. The largest absolute Gasteiger partial charge is 0.367 e.